The van der Waals surface area contributed by atoms with Gasteiger partial charge in [0.1, 0.15) is 93.6 Å². The number of nitriles is 8. The maximum absolute atomic E-state index is 14.9. The van der Waals surface area contributed by atoms with Crippen molar-refractivity contribution in [3.8, 4) is 120 Å². The lowest BCUT2D eigenvalue weighted by Crippen LogP contribution is -2.31. The molecule has 4 aliphatic carbocycles. The second-order valence-corrected chi connectivity index (χ2v) is 43.4. The summed E-state index contributed by atoms with van der Waals surface area (Å²) in [6.07, 6.45) is 32.1. The SMILES string of the molecule is CCCCCCC1(CC(CC)CCCC)c2cc(-c3sc(/C=C4\C(=O)c5cc(C#N)c(C#N)cc5C4=C(C#N)C#N)cc3OCC(C)CCCC)sc2-c2sc(-c3c4c(c(-c5cc6c(s5)-c5sc(-c7sc(/C=C8\C(=O)c9cc(C#N)c(C#N)cc9C8=C(C#N)C#N)cc7OCC(CC)CCCC)cc5C6(CC(CC)CCCC)CC(CC)CCCC)c5nsnc35)N=S=N4)cc21. The van der Waals surface area contributed by atoms with Gasteiger partial charge in [0.05, 0.1) is 68.3 Å². The molecule has 0 radical (unpaired) electrons. The number of hydrogen-bond donors (Lipinski definition) is 0. The van der Waals surface area contributed by atoms with E-state index in [4.69, 9.17) is 26.9 Å². The first-order chi connectivity index (χ1) is 63.8. The summed E-state index contributed by atoms with van der Waals surface area (Å²) in [6.45, 7) is 26.1. The minimum atomic E-state index is -0.439. The smallest absolute Gasteiger partial charge is 0.194 e. The maximum Gasteiger partial charge on any atom is 0.194 e. The van der Waals surface area contributed by atoms with Gasteiger partial charge in [0.25, 0.3) is 0 Å². The first-order valence-corrected chi connectivity index (χ1v) is 53.3. The van der Waals surface area contributed by atoms with Gasteiger partial charge in [-0.1, -0.05) is 211 Å². The van der Waals surface area contributed by atoms with Gasteiger partial charge in [-0.2, -0.15) is 59.6 Å². The molecule has 3 aromatic carbocycles. The number of ether oxygens (including phenoxy) is 2. The summed E-state index contributed by atoms with van der Waals surface area (Å²) >= 11 is 12.8. The molecule has 0 bridgehead atoms. The largest absolute Gasteiger partial charge is 0.492 e. The molecule has 16 nitrogen and oxygen atoms in total. The highest BCUT2D eigenvalue weighted by atomic mass is 32.1. The molecule has 1 aliphatic heterocycles. The van der Waals surface area contributed by atoms with Gasteiger partial charge in [-0.3, -0.25) is 9.59 Å². The standard InChI is InChI=1S/C107H108N12O4S8/c1-12-22-28-29-35-106(48-62(18-7)31-24-14-3)80-44-86(126-100(80)101-81(106)46-88(128-101)104-84(122-59-61(11)30-23-13-2)42-72(124-104)40-78-90(70(55-112)56-113)74-36-66(51-108)68(53-110)38-76(74)98(78)120)92-94-96(118-130-116-94)93(97-95(92)117-131-119-97)87-45-82-102(127-87)103-83(107(82,49-63(19-8)32-25-15-4)50-64(20-9)33-26-16-5)47-89(129-103)105-85(123-60-65(21-10)34-27-17-6)43-73(125-105)41-79-91(71(57-114)58-115)75-37-67(52-109)69(54-111)39-77(75)99(79)121/h36-47,61-65H,12-35,48-50,59-60H2,1-11H3/b78-40-,79-41-. The number of carbonyl (C=O) groups is 2. The molecular formula is C107H108N12O4S8. The molecule has 8 heterocycles. The highest BCUT2D eigenvalue weighted by Gasteiger charge is 2.51. The monoisotopic (exact) mass is 1880 g/mol. The number of allylic oxidation sites excluding steroid dienone is 6. The van der Waals surface area contributed by atoms with Crippen LogP contribution in [-0.4, -0.2) is 33.5 Å². The zero-order valence-electron chi connectivity index (χ0n) is 76.6. The third-order valence-corrected chi connectivity index (χ3v) is 36.1. The lowest BCUT2D eigenvalue weighted by Gasteiger charge is -2.37. The Labute approximate surface area is 802 Å². The Bertz CT molecular complexity index is 6680. The Kier molecular flexibility index (Phi) is 30.5. The number of hydrogen-bond acceptors (Lipinski definition) is 23. The molecule has 15 rings (SSSR count). The predicted molar refractivity (Wildman–Crippen MR) is 539 cm³/mol. The molecule has 0 saturated heterocycles. The predicted octanol–water partition coefficient (Wildman–Crippen LogP) is 32.2. The molecule has 0 spiro atoms. The van der Waals surface area contributed by atoms with Crippen LogP contribution in [0, 0.1) is 120 Å². The van der Waals surface area contributed by atoms with E-state index in [1.807, 2.05) is 70.4 Å². The van der Waals surface area contributed by atoms with E-state index in [-0.39, 0.29) is 89.3 Å². The van der Waals surface area contributed by atoms with Gasteiger partial charge < -0.3 is 9.47 Å². The Morgan fingerprint density at radius 2 is 0.756 bits per heavy atom. The molecule has 7 aromatic heterocycles. The van der Waals surface area contributed by atoms with E-state index in [9.17, 15) is 51.7 Å². The quantitative estimate of drug-likeness (QED) is 0.0195. The van der Waals surface area contributed by atoms with Crippen molar-refractivity contribution in [2.75, 3.05) is 13.2 Å². The molecule has 0 N–H and O–H groups in total. The third-order valence-electron chi connectivity index (χ3n) is 27.7. The average Bonchev–Trinajstić information content (AvgIpc) is 1.53. The molecule has 0 fully saturated rings. The number of ketones is 2. The fourth-order valence-corrected chi connectivity index (χ4v) is 29.3. The van der Waals surface area contributed by atoms with Crippen LogP contribution in [0.4, 0.5) is 11.4 Å². The van der Waals surface area contributed by atoms with Crippen molar-refractivity contribution in [3.05, 3.63) is 159 Å². The molecule has 131 heavy (non-hydrogen) atoms. The second-order valence-electron chi connectivity index (χ2n) is 35.9. The minimum Gasteiger partial charge on any atom is -0.492 e. The summed E-state index contributed by atoms with van der Waals surface area (Å²) in [4.78, 5) is 42.2. The molecule has 6 unspecified atom stereocenters. The van der Waals surface area contributed by atoms with E-state index in [1.54, 1.807) is 23.5 Å². The van der Waals surface area contributed by atoms with Gasteiger partial charge in [0, 0.05) is 104 Å². The third kappa shape index (κ3) is 18.1. The van der Waals surface area contributed by atoms with Gasteiger partial charge >= 0.3 is 0 Å². The van der Waals surface area contributed by atoms with Gasteiger partial charge in [-0.05, 0) is 174 Å². The molecule has 0 saturated carbocycles. The molecule has 24 heteroatoms. The second kappa shape index (κ2) is 42.0. The van der Waals surface area contributed by atoms with Gasteiger partial charge in [-0.15, -0.1) is 68.0 Å². The number of unbranched alkanes of at least 4 members (excludes halogenated alkanes) is 8. The Balaban J connectivity index is 0.902. The zero-order chi connectivity index (χ0) is 92.5. The van der Waals surface area contributed by atoms with Crippen LogP contribution in [0.1, 0.15) is 336 Å². The summed E-state index contributed by atoms with van der Waals surface area (Å²) in [5, 5.41) is 82.7. The fraction of sp³-hybridized carbons (Fsp3) is 0.439. The number of carbonyl (C=O) groups excluding carboxylic acids is 2. The molecule has 6 atom stereocenters. The number of Topliss-reactive ketones (excluding diaryl/α,β-unsaturated/α-hetero) is 2. The summed E-state index contributed by atoms with van der Waals surface area (Å²) in [5.74, 6) is 2.33. The molecule has 10 aromatic rings. The Morgan fingerprint density at radius 3 is 1.15 bits per heavy atom. The molecule has 5 aliphatic rings. The highest BCUT2D eigenvalue weighted by Crippen LogP contribution is 2.68. The summed E-state index contributed by atoms with van der Waals surface area (Å²) in [5.41, 5.74) is 10.8. The molecular weight excluding hydrogens is 1770 g/mol. The lowest BCUT2D eigenvalue weighted by atomic mass is 9.65. The maximum atomic E-state index is 14.9. The lowest BCUT2D eigenvalue weighted by molar-refractivity contribution is 0.103. The van der Waals surface area contributed by atoms with Crippen LogP contribution < -0.4 is 9.47 Å². The van der Waals surface area contributed by atoms with Crippen molar-refractivity contribution >= 4 is 148 Å². The van der Waals surface area contributed by atoms with Crippen molar-refractivity contribution < 1.29 is 19.1 Å². The van der Waals surface area contributed by atoms with Crippen LogP contribution in [-0.2, 0) is 22.2 Å². The van der Waals surface area contributed by atoms with Crippen LogP contribution in [0.5, 0.6) is 11.5 Å². The highest BCUT2D eigenvalue weighted by molar-refractivity contribution is 7.58. The van der Waals surface area contributed by atoms with Crippen molar-refractivity contribution in [2.24, 2.45) is 38.3 Å². The number of benzene rings is 3. The number of fused-ring (bicyclic) bond motifs is 10. The van der Waals surface area contributed by atoms with Crippen LogP contribution in [0.2, 0.25) is 0 Å². The molecule has 668 valence electrons. The van der Waals surface area contributed by atoms with Crippen LogP contribution in [0.3, 0.4) is 0 Å². The van der Waals surface area contributed by atoms with E-state index in [0.717, 1.165) is 236 Å². The van der Waals surface area contributed by atoms with E-state index in [1.165, 1.54) is 112 Å². The van der Waals surface area contributed by atoms with Gasteiger partial charge in [0.2, 0.25) is 0 Å². The van der Waals surface area contributed by atoms with Crippen LogP contribution >= 0.6 is 79.7 Å². The first kappa shape index (κ1) is 94.9. The Hall–Kier alpha value is -10.7. The first-order valence-electron chi connectivity index (χ1n) is 47.0. The van der Waals surface area contributed by atoms with Crippen molar-refractivity contribution in [1.29, 1.82) is 42.1 Å². The number of aromatic nitrogens is 2. The van der Waals surface area contributed by atoms with E-state index in [0.29, 0.717) is 58.1 Å². The topological polar surface area (TPSA) is 293 Å². The number of rotatable bonds is 42. The van der Waals surface area contributed by atoms with Crippen molar-refractivity contribution in [2.45, 2.75) is 260 Å². The average molecular weight is 1880 g/mol. The zero-order valence-corrected chi connectivity index (χ0v) is 83.1. The number of nitrogens with zero attached hydrogens (tertiary/aromatic N) is 12. The van der Waals surface area contributed by atoms with E-state index >= 15 is 0 Å². The fourth-order valence-electron chi connectivity index (χ4n) is 20.4. The summed E-state index contributed by atoms with van der Waals surface area (Å²) < 4.78 is 35.8. The van der Waals surface area contributed by atoms with Crippen LogP contribution in [0.25, 0.3) is 94.2 Å². The Morgan fingerprint density at radius 1 is 0.397 bits per heavy atom. The number of thiophene rings is 6. The van der Waals surface area contributed by atoms with Crippen molar-refractivity contribution in [1.82, 2.24) is 8.75 Å². The molecule has 0 amide bonds. The van der Waals surface area contributed by atoms with Crippen molar-refractivity contribution in [3.63, 3.8) is 0 Å². The normalized spacial score (nSPS) is 17.0. The summed E-state index contributed by atoms with van der Waals surface area (Å²) in [6, 6.07) is 36.2. The van der Waals surface area contributed by atoms with Crippen LogP contribution in [0.15, 0.2) is 91.7 Å². The van der Waals surface area contributed by atoms with Gasteiger partial charge in [-0.25, -0.2) is 0 Å². The van der Waals surface area contributed by atoms with E-state index in [2.05, 4.69) is 125 Å². The van der Waals surface area contributed by atoms with Gasteiger partial charge in [0.15, 0.2) is 11.6 Å². The summed E-state index contributed by atoms with van der Waals surface area (Å²) in [7, 11) is 0. The minimum absolute atomic E-state index is 0.0374. The van der Waals surface area contributed by atoms with E-state index < -0.39 is 17.0 Å².